The largest absolute Gasteiger partial charge is 0.377 e. The van der Waals surface area contributed by atoms with Crippen molar-refractivity contribution in [1.29, 1.82) is 0 Å². The second kappa shape index (κ2) is 8.06. The third kappa shape index (κ3) is 4.24. The van der Waals surface area contributed by atoms with Crippen molar-refractivity contribution in [3.05, 3.63) is 27.9 Å². The van der Waals surface area contributed by atoms with E-state index >= 15 is 0 Å². The van der Waals surface area contributed by atoms with Crippen LogP contribution in [-0.2, 0) is 11.3 Å². The zero-order chi connectivity index (χ0) is 16.2. The molecule has 0 bridgehead atoms. The standard InChI is InChI=1S/C18H25N3OS2/c1-3-17(22-9-1)12-21-6-2-5-20(7-8-21)11-16-14-24-18(19-16)15-4-10-23-13-15/h4,10,13-14,17H,1-3,5-9,11-12H2. The van der Waals surface area contributed by atoms with Crippen LogP contribution in [0.15, 0.2) is 22.2 Å². The average Bonchev–Trinajstić information content (AvgIpc) is 3.31. The number of thiophene rings is 1. The number of rotatable bonds is 5. The van der Waals surface area contributed by atoms with E-state index in [0.29, 0.717) is 6.10 Å². The van der Waals surface area contributed by atoms with Crippen LogP contribution in [0.2, 0.25) is 0 Å². The molecule has 4 nitrogen and oxygen atoms in total. The Bertz CT molecular complexity index is 622. The number of hydrogen-bond donors (Lipinski definition) is 0. The molecule has 130 valence electrons. The summed E-state index contributed by atoms with van der Waals surface area (Å²) in [6, 6.07) is 2.15. The predicted octanol–water partition coefficient (Wildman–Crippen LogP) is 3.56. The molecule has 0 amide bonds. The Morgan fingerprint density at radius 1 is 1.12 bits per heavy atom. The first kappa shape index (κ1) is 16.7. The molecule has 2 aliphatic heterocycles. The molecule has 0 aliphatic carbocycles. The molecule has 2 aliphatic rings. The van der Waals surface area contributed by atoms with Gasteiger partial charge in [0.25, 0.3) is 0 Å². The van der Waals surface area contributed by atoms with Gasteiger partial charge in [0.15, 0.2) is 0 Å². The minimum absolute atomic E-state index is 0.475. The second-order valence-corrected chi connectivity index (χ2v) is 8.36. The van der Waals surface area contributed by atoms with Gasteiger partial charge in [0, 0.05) is 49.1 Å². The number of thiazole rings is 1. The van der Waals surface area contributed by atoms with Gasteiger partial charge in [0.2, 0.25) is 0 Å². The van der Waals surface area contributed by atoms with Gasteiger partial charge in [-0.1, -0.05) is 0 Å². The van der Waals surface area contributed by atoms with E-state index in [1.807, 2.05) is 0 Å². The Kier molecular flexibility index (Phi) is 5.60. The maximum Gasteiger partial charge on any atom is 0.124 e. The minimum Gasteiger partial charge on any atom is -0.377 e. The van der Waals surface area contributed by atoms with Crippen molar-refractivity contribution in [3.8, 4) is 10.6 Å². The molecule has 2 fully saturated rings. The van der Waals surface area contributed by atoms with Crippen LogP contribution in [0.3, 0.4) is 0 Å². The van der Waals surface area contributed by atoms with Gasteiger partial charge in [-0.25, -0.2) is 4.98 Å². The van der Waals surface area contributed by atoms with Gasteiger partial charge in [0.1, 0.15) is 5.01 Å². The third-order valence-electron chi connectivity index (χ3n) is 4.87. The molecule has 2 saturated heterocycles. The maximum absolute atomic E-state index is 5.79. The topological polar surface area (TPSA) is 28.6 Å². The molecule has 4 heterocycles. The highest BCUT2D eigenvalue weighted by molar-refractivity contribution is 7.14. The van der Waals surface area contributed by atoms with Crippen molar-refractivity contribution >= 4 is 22.7 Å². The molecule has 24 heavy (non-hydrogen) atoms. The fraction of sp³-hybridized carbons (Fsp3) is 0.611. The van der Waals surface area contributed by atoms with E-state index in [2.05, 4.69) is 32.0 Å². The van der Waals surface area contributed by atoms with Gasteiger partial charge >= 0.3 is 0 Å². The number of ether oxygens (including phenoxy) is 1. The van der Waals surface area contributed by atoms with Crippen LogP contribution >= 0.6 is 22.7 Å². The van der Waals surface area contributed by atoms with Gasteiger partial charge < -0.3 is 4.74 Å². The molecule has 6 heteroatoms. The van der Waals surface area contributed by atoms with Crippen molar-refractivity contribution in [2.45, 2.75) is 31.9 Å². The summed E-state index contributed by atoms with van der Waals surface area (Å²) in [5.41, 5.74) is 2.48. The number of nitrogens with zero attached hydrogens (tertiary/aromatic N) is 3. The molecule has 0 aromatic carbocycles. The van der Waals surface area contributed by atoms with Gasteiger partial charge in [0.05, 0.1) is 11.8 Å². The lowest BCUT2D eigenvalue weighted by atomic mass is 10.2. The first-order valence-electron chi connectivity index (χ1n) is 8.90. The predicted molar refractivity (Wildman–Crippen MR) is 101 cm³/mol. The zero-order valence-electron chi connectivity index (χ0n) is 14.0. The third-order valence-corrected chi connectivity index (χ3v) is 6.50. The SMILES string of the molecule is c1cc(-c2nc(CN3CCCN(CC4CCCO4)CC3)cs2)cs1. The Morgan fingerprint density at radius 2 is 2.04 bits per heavy atom. The molecule has 2 aromatic heterocycles. The average molecular weight is 364 g/mol. The van der Waals surface area contributed by atoms with Gasteiger partial charge in [-0.05, 0) is 43.8 Å². The molecule has 0 radical (unpaired) electrons. The van der Waals surface area contributed by atoms with E-state index < -0.39 is 0 Å². The van der Waals surface area contributed by atoms with Crippen LogP contribution in [0.25, 0.3) is 10.6 Å². The summed E-state index contributed by atoms with van der Waals surface area (Å²) < 4.78 is 5.79. The van der Waals surface area contributed by atoms with Crippen molar-refractivity contribution in [3.63, 3.8) is 0 Å². The highest BCUT2D eigenvalue weighted by Crippen LogP contribution is 2.26. The fourth-order valence-corrected chi connectivity index (χ4v) is 5.09. The molecule has 1 unspecified atom stereocenters. The van der Waals surface area contributed by atoms with E-state index in [1.165, 1.54) is 43.6 Å². The highest BCUT2D eigenvalue weighted by atomic mass is 32.1. The fourth-order valence-electron chi connectivity index (χ4n) is 3.57. The maximum atomic E-state index is 5.79. The monoisotopic (exact) mass is 363 g/mol. The van der Waals surface area contributed by atoms with Crippen molar-refractivity contribution < 1.29 is 4.74 Å². The number of aromatic nitrogens is 1. The van der Waals surface area contributed by atoms with Crippen LogP contribution in [0.4, 0.5) is 0 Å². The molecule has 0 spiro atoms. The lowest BCUT2D eigenvalue weighted by molar-refractivity contribution is 0.0742. The summed E-state index contributed by atoms with van der Waals surface area (Å²) in [6.45, 7) is 7.72. The zero-order valence-corrected chi connectivity index (χ0v) is 15.7. The Morgan fingerprint density at radius 3 is 2.88 bits per heavy atom. The second-order valence-electron chi connectivity index (χ2n) is 6.72. The first-order chi connectivity index (χ1) is 11.9. The van der Waals surface area contributed by atoms with E-state index in [4.69, 9.17) is 9.72 Å². The molecule has 4 rings (SSSR count). The summed E-state index contributed by atoms with van der Waals surface area (Å²) in [7, 11) is 0. The summed E-state index contributed by atoms with van der Waals surface area (Å²) in [5.74, 6) is 0. The Hall–Kier alpha value is -0.790. The van der Waals surface area contributed by atoms with Crippen LogP contribution in [0.1, 0.15) is 25.0 Å². The molecule has 2 aromatic rings. The molecular formula is C18H25N3OS2. The van der Waals surface area contributed by atoms with Crippen molar-refractivity contribution in [2.24, 2.45) is 0 Å². The minimum atomic E-state index is 0.475. The van der Waals surface area contributed by atoms with Crippen LogP contribution in [-0.4, -0.2) is 60.2 Å². The normalized spacial score (nSPS) is 23.6. The Balaban J connectivity index is 1.29. The van der Waals surface area contributed by atoms with E-state index in [1.54, 1.807) is 22.7 Å². The summed E-state index contributed by atoms with van der Waals surface area (Å²) >= 11 is 3.50. The van der Waals surface area contributed by atoms with E-state index in [9.17, 15) is 0 Å². The van der Waals surface area contributed by atoms with Crippen LogP contribution < -0.4 is 0 Å². The summed E-state index contributed by atoms with van der Waals surface area (Å²) in [5, 5.41) is 7.68. The van der Waals surface area contributed by atoms with E-state index in [0.717, 1.165) is 37.8 Å². The quantitative estimate of drug-likeness (QED) is 0.812. The summed E-state index contributed by atoms with van der Waals surface area (Å²) in [4.78, 5) is 9.98. The lowest BCUT2D eigenvalue weighted by Gasteiger charge is -2.23. The summed E-state index contributed by atoms with van der Waals surface area (Å²) in [6.07, 6.45) is 4.20. The first-order valence-corrected chi connectivity index (χ1v) is 10.7. The van der Waals surface area contributed by atoms with Gasteiger partial charge in [-0.15, -0.1) is 11.3 Å². The number of hydrogen-bond acceptors (Lipinski definition) is 6. The van der Waals surface area contributed by atoms with Crippen molar-refractivity contribution in [2.75, 3.05) is 39.3 Å². The molecular weight excluding hydrogens is 338 g/mol. The van der Waals surface area contributed by atoms with E-state index in [-0.39, 0.29) is 0 Å². The van der Waals surface area contributed by atoms with Gasteiger partial charge in [-0.3, -0.25) is 9.80 Å². The molecule has 0 saturated carbocycles. The lowest BCUT2D eigenvalue weighted by Crippen LogP contribution is -2.35. The van der Waals surface area contributed by atoms with Gasteiger partial charge in [-0.2, -0.15) is 11.3 Å². The molecule has 0 N–H and O–H groups in total. The smallest absolute Gasteiger partial charge is 0.124 e. The highest BCUT2D eigenvalue weighted by Gasteiger charge is 2.21. The van der Waals surface area contributed by atoms with Crippen molar-refractivity contribution in [1.82, 2.24) is 14.8 Å². The molecule has 1 atom stereocenters. The van der Waals surface area contributed by atoms with Crippen LogP contribution in [0.5, 0.6) is 0 Å². The Labute approximate surface area is 152 Å². The van der Waals surface area contributed by atoms with Crippen LogP contribution in [0, 0.1) is 0 Å².